The highest BCUT2D eigenvalue weighted by molar-refractivity contribution is 7.90. The summed E-state index contributed by atoms with van der Waals surface area (Å²) in [6.07, 6.45) is 6.17. The Balaban J connectivity index is 1.47. The van der Waals surface area contributed by atoms with Crippen molar-refractivity contribution in [2.24, 2.45) is 0 Å². The molecule has 0 aliphatic heterocycles. The van der Waals surface area contributed by atoms with Crippen LogP contribution in [0.2, 0.25) is 0 Å². The summed E-state index contributed by atoms with van der Waals surface area (Å²) in [5.74, 6) is -2.05. The summed E-state index contributed by atoms with van der Waals surface area (Å²) in [4.78, 5) is 46.3. The Hall–Kier alpha value is -5.30. The van der Waals surface area contributed by atoms with E-state index in [0.717, 1.165) is 38.8 Å². The van der Waals surface area contributed by atoms with Crippen molar-refractivity contribution in [2.45, 2.75) is 58.5 Å². The lowest BCUT2D eigenvalue weighted by Gasteiger charge is -2.29. The van der Waals surface area contributed by atoms with Crippen LogP contribution in [0.25, 0.3) is 16.6 Å². The van der Waals surface area contributed by atoms with Crippen LogP contribution >= 0.6 is 0 Å². The second-order valence-electron chi connectivity index (χ2n) is 12.3. The lowest BCUT2D eigenvalue weighted by Crippen LogP contribution is -2.56. The quantitative estimate of drug-likeness (QED) is 0.159. The number of fused-ring (bicyclic) bond motifs is 1. The van der Waals surface area contributed by atoms with Crippen molar-refractivity contribution < 1.29 is 22.8 Å². The zero-order valence-corrected chi connectivity index (χ0v) is 28.8. The number of aromatic nitrogens is 4. The number of hydrogen-bond acceptors (Lipinski definition) is 7. The van der Waals surface area contributed by atoms with Gasteiger partial charge in [0.1, 0.15) is 12.1 Å². The molecular weight excluding hydrogens is 643 g/mol. The van der Waals surface area contributed by atoms with Gasteiger partial charge in [0.05, 0.1) is 23.8 Å². The number of likely N-dealkylation sites (N-methyl/N-ethyl adjacent to an activating group) is 1. The van der Waals surface area contributed by atoms with Crippen molar-refractivity contribution in [2.75, 3.05) is 12.8 Å². The van der Waals surface area contributed by atoms with Crippen LogP contribution in [0.15, 0.2) is 85.3 Å². The first-order chi connectivity index (χ1) is 23.4. The number of sulfonamides is 1. The van der Waals surface area contributed by atoms with Crippen molar-refractivity contribution in [3.05, 3.63) is 113 Å². The van der Waals surface area contributed by atoms with Crippen molar-refractivity contribution in [3.63, 3.8) is 0 Å². The van der Waals surface area contributed by atoms with E-state index in [0.29, 0.717) is 18.4 Å². The third-order valence-electron chi connectivity index (χ3n) is 8.37. The summed E-state index contributed by atoms with van der Waals surface area (Å²) in [6, 6.07) is 18.0. The predicted molar refractivity (Wildman–Crippen MR) is 188 cm³/mol. The number of carbonyl (C=O) groups is 3. The lowest BCUT2D eigenvalue weighted by molar-refractivity contribution is -0.130. The van der Waals surface area contributed by atoms with Crippen LogP contribution in [0, 0.1) is 13.8 Å². The number of para-hydroxylation sites is 1. The molecule has 0 aliphatic rings. The Kier molecular flexibility index (Phi) is 10.9. The third-order valence-corrected chi connectivity index (χ3v) is 9.70. The van der Waals surface area contributed by atoms with Crippen LogP contribution in [-0.2, 0) is 32.5 Å². The lowest BCUT2D eigenvalue weighted by atomic mass is 10.00. The number of nitrogens with one attached hydrogen (secondary N) is 3. The molecule has 0 saturated heterocycles. The van der Waals surface area contributed by atoms with E-state index >= 15 is 0 Å². The van der Waals surface area contributed by atoms with Gasteiger partial charge in [0.25, 0.3) is 11.8 Å². The highest BCUT2D eigenvalue weighted by Crippen LogP contribution is 2.21. The second-order valence-corrected chi connectivity index (χ2v) is 14.1. The number of unbranched alkanes of at least 4 members (excludes halogenated alkanes) is 1. The van der Waals surface area contributed by atoms with Gasteiger partial charge in [-0.15, -0.1) is 5.10 Å². The molecule has 3 N–H and O–H groups in total. The van der Waals surface area contributed by atoms with E-state index in [1.807, 2.05) is 75.4 Å². The zero-order chi connectivity index (χ0) is 35.1. The highest BCUT2D eigenvalue weighted by atomic mass is 32.2. The van der Waals surface area contributed by atoms with Crippen LogP contribution in [-0.4, -0.2) is 75.9 Å². The SMILES string of the molecule is CCCCS(=O)(=O)NC(=O)[C@H](Cc1c[nH]c2ccccc12)NC(=O)[C@H](Cc1ccc(-n2ccnn2)cc1)N(C)C(=O)c1cc(C)cc(C)c1. The number of carbonyl (C=O) groups excluding carboxylic acids is 3. The molecule has 256 valence electrons. The standard InChI is InChI=1S/C36H41N7O5S/c1-5-6-17-49(47,48)40-34(44)32(22-28-23-37-31-10-8-7-9-30(28)31)39-35(45)33(42(4)36(46)27-19-24(2)18-25(3)20-27)21-26-11-13-29(14-12-26)43-16-15-38-41-43/h7-16,18-20,23,32-33,37H,5-6,17,21-22H2,1-4H3,(H,39,45)(H,40,44)/t32-,33-/m0/s1. The predicted octanol–water partition coefficient (Wildman–Crippen LogP) is 4.02. The van der Waals surface area contributed by atoms with Gasteiger partial charge < -0.3 is 15.2 Å². The minimum absolute atomic E-state index is 0.0128. The summed E-state index contributed by atoms with van der Waals surface area (Å²) in [5, 5.41) is 11.5. The first-order valence-electron chi connectivity index (χ1n) is 16.1. The minimum atomic E-state index is -3.95. The van der Waals surface area contributed by atoms with Gasteiger partial charge in [-0.2, -0.15) is 0 Å². The number of aryl methyl sites for hydroxylation is 2. The van der Waals surface area contributed by atoms with E-state index in [4.69, 9.17) is 0 Å². The van der Waals surface area contributed by atoms with Crippen LogP contribution in [0.4, 0.5) is 0 Å². The maximum atomic E-state index is 14.3. The van der Waals surface area contributed by atoms with Crippen molar-refractivity contribution >= 4 is 38.6 Å². The fourth-order valence-corrected chi connectivity index (χ4v) is 7.03. The molecule has 2 heterocycles. The molecule has 12 nitrogen and oxygen atoms in total. The molecule has 3 aromatic carbocycles. The van der Waals surface area contributed by atoms with Crippen LogP contribution < -0.4 is 10.0 Å². The van der Waals surface area contributed by atoms with Crippen molar-refractivity contribution in [1.82, 2.24) is 34.9 Å². The molecular formula is C36H41N7O5S. The molecule has 0 saturated carbocycles. The molecule has 0 spiro atoms. The van der Waals surface area contributed by atoms with E-state index < -0.39 is 33.9 Å². The average Bonchev–Trinajstić information content (AvgIpc) is 3.76. The molecule has 13 heteroatoms. The number of nitrogens with zero attached hydrogens (tertiary/aromatic N) is 4. The number of H-pyrrole nitrogens is 1. The molecule has 0 bridgehead atoms. The molecule has 5 rings (SSSR count). The van der Waals surface area contributed by atoms with Gasteiger partial charge in [-0.3, -0.25) is 19.1 Å². The molecule has 2 aromatic heterocycles. The Morgan fingerprint density at radius 1 is 0.959 bits per heavy atom. The van der Waals surface area contributed by atoms with E-state index in [9.17, 15) is 22.8 Å². The van der Waals surface area contributed by atoms with Crippen molar-refractivity contribution in [3.8, 4) is 5.69 Å². The smallest absolute Gasteiger partial charge is 0.256 e. The summed E-state index contributed by atoms with van der Waals surface area (Å²) in [6.45, 7) is 5.65. The van der Waals surface area contributed by atoms with Gasteiger partial charge >= 0.3 is 0 Å². The van der Waals surface area contributed by atoms with Crippen molar-refractivity contribution in [1.29, 1.82) is 0 Å². The molecule has 3 amide bonds. The van der Waals surface area contributed by atoms with Crippen LogP contribution in [0.1, 0.15) is 52.4 Å². The number of benzene rings is 3. The summed E-state index contributed by atoms with van der Waals surface area (Å²) in [7, 11) is -2.39. The van der Waals surface area contributed by atoms with Gasteiger partial charge in [0.2, 0.25) is 15.9 Å². The zero-order valence-electron chi connectivity index (χ0n) is 28.0. The van der Waals surface area contributed by atoms with Gasteiger partial charge in [-0.05, 0) is 61.7 Å². The third kappa shape index (κ3) is 8.79. The Labute approximate surface area is 286 Å². The second kappa shape index (κ2) is 15.3. The number of rotatable bonds is 14. The fraction of sp³-hybridized carbons (Fsp3) is 0.306. The molecule has 0 radical (unpaired) electrons. The van der Waals surface area contributed by atoms with Gasteiger partial charge in [0.15, 0.2) is 0 Å². The van der Waals surface area contributed by atoms with Crippen LogP contribution in [0.3, 0.4) is 0 Å². The average molecular weight is 684 g/mol. The van der Waals surface area contributed by atoms with E-state index in [2.05, 4.69) is 25.3 Å². The first-order valence-corrected chi connectivity index (χ1v) is 17.8. The van der Waals surface area contributed by atoms with E-state index in [1.165, 1.54) is 4.90 Å². The maximum absolute atomic E-state index is 14.3. The normalized spacial score (nSPS) is 12.7. The summed E-state index contributed by atoms with van der Waals surface area (Å²) < 4.78 is 29.3. The van der Waals surface area contributed by atoms with E-state index in [1.54, 1.807) is 42.5 Å². The van der Waals surface area contributed by atoms with Crippen LogP contribution in [0.5, 0.6) is 0 Å². The van der Waals surface area contributed by atoms with Gasteiger partial charge in [-0.1, -0.05) is 66.1 Å². The number of hydrogen-bond donors (Lipinski definition) is 3. The molecule has 49 heavy (non-hydrogen) atoms. The fourth-order valence-electron chi connectivity index (χ4n) is 5.81. The molecule has 0 unspecified atom stereocenters. The summed E-state index contributed by atoms with van der Waals surface area (Å²) >= 11 is 0. The summed E-state index contributed by atoms with van der Waals surface area (Å²) in [5.41, 5.74) is 5.31. The topological polar surface area (TPSA) is 159 Å². The molecule has 2 atom stereocenters. The highest BCUT2D eigenvalue weighted by Gasteiger charge is 2.33. The number of aromatic amines is 1. The Morgan fingerprint density at radius 3 is 2.35 bits per heavy atom. The molecule has 0 fully saturated rings. The van der Waals surface area contributed by atoms with Gasteiger partial charge in [-0.25, -0.2) is 13.1 Å². The van der Waals surface area contributed by atoms with E-state index in [-0.39, 0.29) is 24.5 Å². The maximum Gasteiger partial charge on any atom is 0.256 e. The monoisotopic (exact) mass is 683 g/mol. The molecule has 0 aliphatic carbocycles. The minimum Gasteiger partial charge on any atom is -0.361 e. The number of amides is 3. The Morgan fingerprint density at radius 2 is 1.67 bits per heavy atom. The molecule has 5 aromatic rings. The largest absolute Gasteiger partial charge is 0.361 e. The Bertz CT molecular complexity index is 2020. The van der Waals surface area contributed by atoms with Gasteiger partial charge in [0, 0.05) is 42.6 Å². The first kappa shape index (κ1) is 35.0.